The zero-order valence-electron chi connectivity index (χ0n) is 32.0. The number of fused-ring (bicyclic) bond motifs is 2. The molecule has 1 saturated carbocycles. The van der Waals surface area contributed by atoms with Crippen LogP contribution in [0.15, 0.2) is 48.8 Å². The van der Waals surface area contributed by atoms with Gasteiger partial charge in [-0.3, -0.25) is 0 Å². The van der Waals surface area contributed by atoms with Gasteiger partial charge < -0.3 is 19.1 Å². The molecule has 1 aliphatic carbocycles. The standard InChI is InChI=1S/C40H51N7O5Si/c1-39(2,3)51-37(48)44(22-26-11-10-12-26)24-29-18-28-15-14-27(17-34(28)46(29)38(49)52-40(4,5)6)23-45-25-33(42-43-45)31-19-30(53-7)20-35-32(31)21-41-47(35)36-13-8-9-16-50-36/h14-15,17-21,25-26,36H,8-13,16,22-24H2,1-7H3. The molecular weight excluding hydrogens is 687 g/mol. The predicted octanol–water partition coefficient (Wildman–Crippen LogP) is 7.69. The van der Waals surface area contributed by atoms with Crippen molar-refractivity contribution in [3.8, 4) is 11.3 Å². The first-order valence-electron chi connectivity index (χ1n) is 18.8. The van der Waals surface area contributed by atoms with E-state index in [2.05, 4.69) is 29.0 Å². The minimum absolute atomic E-state index is 0.0570. The largest absolute Gasteiger partial charge is 0.444 e. The molecule has 4 heterocycles. The number of rotatable bonds is 9. The number of carbonyl (C=O) groups excluding carboxylic acids is 2. The van der Waals surface area contributed by atoms with Crippen molar-refractivity contribution in [3.05, 3.63) is 60.0 Å². The van der Waals surface area contributed by atoms with Crippen molar-refractivity contribution in [2.75, 3.05) is 13.2 Å². The Kier molecular flexibility index (Phi) is 10.2. The lowest BCUT2D eigenvalue weighted by Crippen LogP contribution is -2.41. The first kappa shape index (κ1) is 36.8. The molecule has 5 aromatic rings. The van der Waals surface area contributed by atoms with Crippen molar-refractivity contribution >= 4 is 48.7 Å². The number of benzene rings is 2. The Labute approximate surface area is 313 Å². The highest BCUT2D eigenvalue weighted by molar-refractivity contribution is 6.52. The van der Waals surface area contributed by atoms with Crippen molar-refractivity contribution in [1.82, 2.24) is 34.2 Å². The Morgan fingerprint density at radius 2 is 1.75 bits per heavy atom. The SMILES string of the molecule is C[Si]c1cc(-c2cn(Cc3ccc4cc(CN(CC5CCC5)C(=O)OC(C)(C)C)n(C(=O)OC(C)(C)C)c4c3)nn2)c2cnn(C3CCCCO3)c2c1. The van der Waals surface area contributed by atoms with E-state index in [1.54, 1.807) is 9.47 Å². The second-order valence-electron chi connectivity index (χ2n) is 16.4. The Bertz CT molecular complexity index is 2110. The molecule has 53 heavy (non-hydrogen) atoms. The third-order valence-electron chi connectivity index (χ3n) is 9.82. The lowest BCUT2D eigenvalue weighted by molar-refractivity contribution is -0.0366. The maximum atomic E-state index is 13.9. The number of hydrogen-bond acceptors (Lipinski definition) is 8. The van der Waals surface area contributed by atoms with Gasteiger partial charge in [0.25, 0.3) is 0 Å². The summed E-state index contributed by atoms with van der Waals surface area (Å²) in [7, 11) is 0.611. The van der Waals surface area contributed by atoms with E-state index in [-0.39, 0.29) is 18.9 Å². The Morgan fingerprint density at radius 1 is 0.962 bits per heavy atom. The molecule has 0 spiro atoms. The van der Waals surface area contributed by atoms with Gasteiger partial charge in [-0.2, -0.15) is 5.10 Å². The highest BCUT2D eigenvalue weighted by Crippen LogP contribution is 2.32. The molecule has 2 aromatic carbocycles. The first-order chi connectivity index (χ1) is 25.2. The van der Waals surface area contributed by atoms with Crippen LogP contribution >= 0.6 is 0 Å². The van der Waals surface area contributed by atoms with E-state index >= 15 is 0 Å². The predicted molar refractivity (Wildman–Crippen MR) is 205 cm³/mol. The molecule has 2 fully saturated rings. The van der Waals surface area contributed by atoms with E-state index in [4.69, 9.17) is 19.3 Å². The number of ether oxygens (including phenoxy) is 3. The molecule has 2 aliphatic rings. The summed E-state index contributed by atoms with van der Waals surface area (Å²) in [6.45, 7) is 15.3. The summed E-state index contributed by atoms with van der Waals surface area (Å²) in [5, 5.41) is 17.0. The number of aromatic nitrogens is 6. The van der Waals surface area contributed by atoms with E-state index in [0.29, 0.717) is 39.7 Å². The van der Waals surface area contributed by atoms with Crippen LogP contribution in [0.3, 0.4) is 0 Å². The fourth-order valence-corrected chi connectivity index (χ4v) is 7.66. The van der Waals surface area contributed by atoms with E-state index in [1.165, 1.54) is 5.19 Å². The molecular formula is C40H51N7O5Si. The van der Waals surface area contributed by atoms with E-state index in [9.17, 15) is 9.59 Å². The summed E-state index contributed by atoms with van der Waals surface area (Å²) in [5.74, 6) is 0.420. The van der Waals surface area contributed by atoms with E-state index < -0.39 is 17.3 Å². The van der Waals surface area contributed by atoms with Gasteiger partial charge in [-0.05, 0) is 103 Å². The van der Waals surface area contributed by atoms with Gasteiger partial charge in [-0.15, -0.1) is 5.10 Å². The highest BCUT2D eigenvalue weighted by Gasteiger charge is 2.30. The van der Waals surface area contributed by atoms with Gasteiger partial charge in [0.15, 0.2) is 6.23 Å². The van der Waals surface area contributed by atoms with Crippen LogP contribution in [0, 0.1) is 5.92 Å². The smallest absolute Gasteiger partial charge is 0.419 e. The van der Waals surface area contributed by atoms with Crippen LogP contribution in [0.1, 0.15) is 97.6 Å². The number of hydrogen-bond donors (Lipinski definition) is 0. The third kappa shape index (κ3) is 8.36. The molecule has 280 valence electrons. The van der Waals surface area contributed by atoms with Crippen LogP contribution in [0.4, 0.5) is 9.59 Å². The normalized spacial score (nSPS) is 16.9. The zero-order valence-corrected chi connectivity index (χ0v) is 33.0. The van der Waals surface area contributed by atoms with Gasteiger partial charge in [0.05, 0.1) is 46.0 Å². The van der Waals surface area contributed by atoms with Crippen molar-refractivity contribution in [3.63, 3.8) is 0 Å². The van der Waals surface area contributed by atoms with Crippen molar-refractivity contribution in [2.24, 2.45) is 5.92 Å². The number of carbonyl (C=O) groups is 2. The minimum atomic E-state index is -0.711. The summed E-state index contributed by atoms with van der Waals surface area (Å²) in [6.07, 6.45) is 9.43. The number of nitrogens with zero attached hydrogens (tertiary/aromatic N) is 7. The molecule has 12 nitrogen and oxygen atoms in total. The average molecular weight is 738 g/mol. The molecule has 3 aromatic heterocycles. The maximum Gasteiger partial charge on any atom is 0.419 e. The molecule has 2 radical (unpaired) electrons. The molecule has 0 N–H and O–H groups in total. The second kappa shape index (κ2) is 14.7. The monoisotopic (exact) mass is 737 g/mol. The van der Waals surface area contributed by atoms with Crippen molar-refractivity contribution < 1.29 is 23.8 Å². The quantitative estimate of drug-likeness (QED) is 0.141. The first-order valence-corrected chi connectivity index (χ1v) is 20.3. The van der Waals surface area contributed by atoms with Gasteiger partial charge in [-0.25, -0.2) is 23.5 Å². The lowest BCUT2D eigenvalue weighted by atomic mass is 9.85. The summed E-state index contributed by atoms with van der Waals surface area (Å²) in [5.41, 5.74) is 3.78. The van der Waals surface area contributed by atoms with Gasteiger partial charge in [0, 0.05) is 35.2 Å². The minimum Gasteiger partial charge on any atom is -0.444 e. The van der Waals surface area contributed by atoms with Crippen LogP contribution in [0.25, 0.3) is 33.1 Å². The third-order valence-corrected chi connectivity index (χ3v) is 10.7. The average Bonchev–Trinajstić information content (AvgIpc) is 3.81. The maximum absolute atomic E-state index is 13.9. The zero-order chi connectivity index (χ0) is 37.5. The Balaban J connectivity index is 1.20. The summed E-state index contributed by atoms with van der Waals surface area (Å²) in [6, 6.07) is 12.4. The van der Waals surface area contributed by atoms with Crippen molar-refractivity contribution in [1.29, 1.82) is 0 Å². The fourth-order valence-electron chi connectivity index (χ4n) is 7.09. The Morgan fingerprint density at radius 3 is 2.43 bits per heavy atom. The summed E-state index contributed by atoms with van der Waals surface area (Å²) < 4.78 is 23.3. The van der Waals surface area contributed by atoms with Gasteiger partial charge >= 0.3 is 12.2 Å². The molecule has 1 atom stereocenters. The second-order valence-corrected chi connectivity index (χ2v) is 17.5. The van der Waals surface area contributed by atoms with E-state index in [1.807, 2.05) is 87.6 Å². The highest BCUT2D eigenvalue weighted by atomic mass is 28.2. The van der Waals surface area contributed by atoms with Gasteiger partial charge in [0.1, 0.15) is 16.9 Å². The Hall–Kier alpha value is -4.49. The molecule has 1 unspecified atom stereocenters. The van der Waals surface area contributed by atoms with Gasteiger partial charge in [-0.1, -0.05) is 41.6 Å². The van der Waals surface area contributed by atoms with Crippen LogP contribution in [0.5, 0.6) is 0 Å². The summed E-state index contributed by atoms with van der Waals surface area (Å²) >= 11 is 0. The molecule has 0 bridgehead atoms. The van der Waals surface area contributed by atoms with Crippen LogP contribution < -0.4 is 5.19 Å². The molecule has 1 aliphatic heterocycles. The number of amides is 1. The van der Waals surface area contributed by atoms with Crippen LogP contribution in [-0.2, 0) is 27.3 Å². The van der Waals surface area contributed by atoms with Crippen LogP contribution in [0.2, 0.25) is 6.55 Å². The molecule has 13 heteroatoms. The topological polar surface area (TPSA) is 119 Å². The fraction of sp³-hybridized carbons (Fsp3) is 0.525. The molecule has 7 rings (SSSR count). The van der Waals surface area contributed by atoms with Crippen molar-refractivity contribution in [2.45, 2.75) is 117 Å². The van der Waals surface area contributed by atoms with Crippen LogP contribution in [-0.4, -0.2) is 80.3 Å². The molecule has 1 amide bonds. The molecule has 1 saturated heterocycles. The van der Waals surface area contributed by atoms with E-state index in [0.717, 1.165) is 78.2 Å². The van der Waals surface area contributed by atoms with Gasteiger partial charge in [0.2, 0.25) is 0 Å². The summed E-state index contributed by atoms with van der Waals surface area (Å²) in [4.78, 5) is 29.1. The lowest BCUT2D eigenvalue weighted by Gasteiger charge is -2.33.